The lowest BCUT2D eigenvalue weighted by atomic mass is 9.73. The van der Waals surface area contributed by atoms with Crippen molar-refractivity contribution in [3.63, 3.8) is 0 Å². The zero-order valence-electron chi connectivity index (χ0n) is 72.1. The van der Waals surface area contributed by atoms with Gasteiger partial charge in [-0.25, -0.2) is 0 Å². The molecule has 0 amide bonds. The molecule has 8 fully saturated rings. The summed E-state index contributed by atoms with van der Waals surface area (Å²) in [5.41, 5.74) is 0.0583. The van der Waals surface area contributed by atoms with Gasteiger partial charge in [-0.3, -0.25) is 19.4 Å². The van der Waals surface area contributed by atoms with Gasteiger partial charge in [-0.05, 0) is 276 Å². The Morgan fingerprint density at radius 2 is 0.389 bits per heavy atom. The first-order valence-corrected chi connectivity index (χ1v) is 45.3. The van der Waals surface area contributed by atoms with Crippen LogP contribution in [0.15, 0.2) is 0 Å². The second-order valence-corrected chi connectivity index (χ2v) is 40.8. The molecule has 10 rings (SSSR count). The molecular weight excluding hydrogens is 1350 g/mol. The van der Waals surface area contributed by atoms with Crippen LogP contribution in [0.3, 0.4) is 0 Å². The van der Waals surface area contributed by atoms with Gasteiger partial charge < -0.3 is 31.9 Å². The molecule has 0 bridgehead atoms. The molecule has 8 aliphatic rings. The Kier molecular flexibility index (Phi) is 32.3. The molecule has 2 aromatic heterocycles. The monoisotopic (exact) mass is 1510 g/mol. The van der Waals surface area contributed by atoms with Crippen molar-refractivity contribution in [3.05, 3.63) is 0 Å². The summed E-state index contributed by atoms with van der Waals surface area (Å²) in [6, 6.07) is 0. The zero-order chi connectivity index (χ0) is 77.1. The van der Waals surface area contributed by atoms with Crippen molar-refractivity contribution >= 4 is 35.7 Å². The van der Waals surface area contributed by atoms with Gasteiger partial charge in [0.2, 0.25) is 35.7 Å². The smallest absolute Gasteiger partial charge is 0.229 e. The van der Waals surface area contributed by atoms with E-state index in [-0.39, 0.29) is 44.3 Å². The van der Waals surface area contributed by atoms with E-state index in [2.05, 4.69) is 163 Å². The maximum Gasteiger partial charge on any atom is 0.229 e. The van der Waals surface area contributed by atoms with Gasteiger partial charge in [0, 0.05) is 83.6 Å². The number of piperidine rings is 4. The number of hydrogen-bond donors (Lipinski definition) is 6. The lowest BCUT2D eigenvalue weighted by molar-refractivity contribution is -0.314. The predicted octanol–water partition coefficient (Wildman–Crippen LogP) is 21.6. The van der Waals surface area contributed by atoms with Crippen LogP contribution < -0.4 is 31.9 Å². The number of nitrogens with zero attached hydrogens (tertiary/aromatic N) is 10. The van der Waals surface area contributed by atoms with Crippen molar-refractivity contribution in [1.82, 2.24) is 50.2 Å². The van der Waals surface area contributed by atoms with Gasteiger partial charge in [-0.15, -0.1) is 0 Å². The Bertz CT molecular complexity index is 2500. The molecule has 0 radical (unpaired) electrons. The van der Waals surface area contributed by atoms with Gasteiger partial charge in [0.25, 0.3) is 0 Å². The summed E-state index contributed by atoms with van der Waals surface area (Å²) < 4.78 is 0. The highest BCUT2D eigenvalue weighted by atomic mass is 16.7. The van der Waals surface area contributed by atoms with Crippen LogP contribution in [-0.4, -0.2) is 158 Å². The quantitative estimate of drug-likeness (QED) is 0.0343. The summed E-state index contributed by atoms with van der Waals surface area (Å²) in [5.74, 6) is 6.52. The van der Waals surface area contributed by atoms with E-state index >= 15 is 0 Å². The number of rotatable bonds is 41. The summed E-state index contributed by atoms with van der Waals surface area (Å²) in [6.07, 6.45) is 54.1. The van der Waals surface area contributed by atoms with Crippen molar-refractivity contribution in [2.75, 3.05) is 71.2 Å². The largest absolute Gasteiger partial charge is 0.354 e. The molecule has 618 valence electrons. The summed E-state index contributed by atoms with van der Waals surface area (Å²) in [5, 5.41) is 31.4. The molecule has 0 unspecified atom stereocenters. The number of nitrogens with one attached hydrogen (secondary N) is 6. The lowest BCUT2D eigenvalue weighted by Crippen LogP contribution is -2.61. The summed E-state index contributed by atoms with van der Waals surface area (Å²) >= 11 is 0. The Hall–Kier alpha value is -3.50. The van der Waals surface area contributed by atoms with Crippen LogP contribution in [0.5, 0.6) is 0 Å². The number of anilines is 6. The minimum absolute atomic E-state index is 0.00729. The average molecular weight is 1510 g/mol. The maximum absolute atomic E-state index is 6.85. The first-order valence-electron chi connectivity index (χ1n) is 45.3. The molecule has 2 aromatic rings. The van der Waals surface area contributed by atoms with Gasteiger partial charge in [0.05, 0.1) is 24.4 Å². The fourth-order valence-electron chi connectivity index (χ4n) is 22.4. The highest BCUT2D eigenvalue weighted by molar-refractivity contribution is 5.43. The second kappa shape index (κ2) is 40.2. The minimum Gasteiger partial charge on any atom is -0.354 e. The van der Waals surface area contributed by atoms with Gasteiger partial charge in [-0.2, -0.15) is 50.2 Å². The fraction of sp³-hybridized carbons (Fsp3) is 0.932. The molecule has 20 nitrogen and oxygen atoms in total. The van der Waals surface area contributed by atoms with Gasteiger partial charge in [0.15, 0.2) is 0 Å². The van der Waals surface area contributed by atoms with E-state index in [1.54, 1.807) is 0 Å². The van der Waals surface area contributed by atoms with Crippen LogP contribution in [-0.2, 0) is 19.4 Å². The Morgan fingerprint density at radius 1 is 0.231 bits per heavy atom. The molecule has 4 aliphatic carbocycles. The molecule has 20 heteroatoms. The van der Waals surface area contributed by atoms with E-state index < -0.39 is 0 Å². The summed E-state index contributed by atoms with van der Waals surface area (Å²) in [6.45, 7) is 43.4. The standard InChI is InChI=1S/C88H162N16O4/c1-81(2)59-67(60-82(3,4)101(81)105-71-45-23-19-24-46-71)41-31-37-55-91-77-95-75(96-78(99-77)92-56-38-32-42-68-61-83(5,6)102(84(7,8)62-68)106-72-47-25-20-26-48-72)89-53-35-17-18-36-54-90-76-97-79(93-57-39-33-43-69-63-85(9,10)103(86(11,12)64-69)107-73-49-27-21-28-50-73)100-80(98-76)94-58-40-34-44-70-65-87(13,14)104(88(15,16)66-70)108-74-51-29-22-30-52-74/h67-74H,17-66H2,1-16H3,(H3,89,91,92,95,96,99)(H3,90,93,94,97,98,100). The fourth-order valence-corrected chi connectivity index (χ4v) is 22.4. The second-order valence-electron chi connectivity index (χ2n) is 40.8. The van der Waals surface area contributed by atoms with Crippen molar-refractivity contribution in [2.45, 2.75) is 462 Å². The third-order valence-corrected chi connectivity index (χ3v) is 26.2. The zero-order valence-corrected chi connectivity index (χ0v) is 72.1. The first-order chi connectivity index (χ1) is 51.4. The number of hydroxylamine groups is 8. The van der Waals surface area contributed by atoms with Crippen LogP contribution in [0, 0.1) is 23.7 Å². The van der Waals surface area contributed by atoms with E-state index in [1.165, 1.54) is 231 Å². The van der Waals surface area contributed by atoms with E-state index in [9.17, 15) is 0 Å². The summed E-state index contributed by atoms with van der Waals surface area (Å²) in [4.78, 5) is 57.2. The van der Waals surface area contributed by atoms with Crippen molar-refractivity contribution in [2.24, 2.45) is 23.7 Å². The molecule has 4 saturated carbocycles. The SMILES string of the molecule is CC1(C)CC(CCCCNc2nc(NCCCCCCNc3nc(NCCCCC4CC(C)(C)N(OC5CCCCC5)C(C)(C)C4)nc(NCCCCC4CC(C)(C)N(OC5CCCCC5)C(C)(C)C4)n3)nc(NCCCCC3CC(C)(C)N(OC4CCCCC4)C(C)(C)C3)n2)CC(C)(C)N1OC1CCCCC1. The third-order valence-electron chi connectivity index (χ3n) is 26.2. The van der Waals surface area contributed by atoms with Crippen LogP contribution in [0.1, 0.15) is 393 Å². The predicted molar refractivity (Wildman–Crippen MR) is 447 cm³/mol. The Labute approximate surface area is 658 Å². The molecular formula is C88H162N16O4. The van der Waals surface area contributed by atoms with Crippen LogP contribution in [0.2, 0.25) is 0 Å². The number of hydrogen-bond acceptors (Lipinski definition) is 20. The van der Waals surface area contributed by atoms with E-state index in [1.807, 2.05) is 0 Å². The first kappa shape index (κ1) is 86.9. The minimum atomic E-state index is 0.00729. The van der Waals surface area contributed by atoms with Crippen LogP contribution in [0.25, 0.3) is 0 Å². The molecule has 0 aromatic carbocycles. The molecule has 0 atom stereocenters. The molecule has 0 spiro atoms. The van der Waals surface area contributed by atoms with Gasteiger partial charge in [-0.1, -0.05) is 141 Å². The third kappa shape index (κ3) is 26.5. The van der Waals surface area contributed by atoms with E-state index in [0.29, 0.717) is 83.8 Å². The molecule has 4 aliphatic heterocycles. The molecule has 4 saturated heterocycles. The lowest BCUT2D eigenvalue weighted by Gasteiger charge is -2.55. The van der Waals surface area contributed by atoms with Crippen molar-refractivity contribution in [3.8, 4) is 0 Å². The van der Waals surface area contributed by atoms with Crippen LogP contribution in [0.4, 0.5) is 35.7 Å². The van der Waals surface area contributed by atoms with Gasteiger partial charge >= 0.3 is 0 Å². The van der Waals surface area contributed by atoms with Gasteiger partial charge in [0.1, 0.15) is 0 Å². The average Bonchev–Trinajstić information content (AvgIpc) is 0.786. The Morgan fingerprint density at radius 3 is 0.556 bits per heavy atom. The highest BCUT2D eigenvalue weighted by Gasteiger charge is 2.51. The highest BCUT2D eigenvalue weighted by Crippen LogP contribution is 2.49. The number of unbranched alkanes of at least 4 members (excludes halogenated alkanes) is 7. The molecule has 6 heterocycles. The van der Waals surface area contributed by atoms with Crippen LogP contribution >= 0.6 is 0 Å². The normalized spacial score (nSPS) is 24.6. The van der Waals surface area contributed by atoms with Crippen molar-refractivity contribution in [1.29, 1.82) is 0 Å². The topological polar surface area (TPSA) is 199 Å². The number of aromatic nitrogens is 6. The van der Waals surface area contributed by atoms with E-state index in [0.717, 1.165) is 90.6 Å². The maximum atomic E-state index is 6.85. The molecule has 108 heavy (non-hydrogen) atoms. The Balaban J connectivity index is 0.690. The van der Waals surface area contributed by atoms with Crippen molar-refractivity contribution < 1.29 is 19.4 Å². The van der Waals surface area contributed by atoms with E-state index in [4.69, 9.17) is 49.3 Å². The molecule has 6 N–H and O–H groups in total. The summed E-state index contributed by atoms with van der Waals surface area (Å²) in [7, 11) is 0.